The molecule has 0 unspecified atom stereocenters. The molecule has 184 valence electrons. The maximum atomic E-state index is 12.9. The zero-order chi connectivity index (χ0) is 24.4. The number of fused-ring (bicyclic) bond motifs is 1. The second-order valence-corrected chi connectivity index (χ2v) is 11.4. The Bertz CT molecular complexity index is 1290. The molecule has 0 saturated carbocycles. The zero-order valence-corrected chi connectivity index (χ0v) is 20.8. The highest BCUT2D eigenvalue weighted by Crippen LogP contribution is 2.27. The lowest BCUT2D eigenvalue weighted by atomic mass is 9.97. The fourth-order valence-corrected chi connectivity index (χ4v) is 6.33. The van der Waals surface area contributed by atoms with Gasteiger partial charge in [-0.25, -0.2) is 8.42 Å². The summed E-state index contributed by atoms with van der Waals surface area (Å²) >= 11 is 0. The maximum Gasteiger partial charge on any atom is 0.243 e. The molecule has 35 heavy (non-hydrogen) atoms. The molecule has 2 aliphatic rings. The van der Waals surface area contributed by atoms with Crippen LogP contribution in [-0.2, 0) is 27.8 Å². The molecule has 8 nitrogen and oxygen atoms in total. The van der Waals surface area contributed by atoms with Crippen LogP contribution in [0.4, 0.5) is 5.69 Å². The molecule has 2 aromatic carbocycles. The van der Waals surface area contributed by atoms with Crippen LogP contribution >= 0.6 is 0 Å². The van der Waals surface area contributed by atoms with E-state index in [2.05, 4.69) is 20.1 Å². The average Bonchev–Trinajstić information content (AvgIpc) is 3.12. The highest BCUT2D eigenvalue weighted by molar-refractivity contribution is 7.89. The topological polar surface area (TPSA) is 97.2 Å². The molecule has 9 heteroatoms. The van der Waals surface area contributed by atoms with Gasteiger partial charge >= 0.3 is 0 Å². The van der Waals surface area contributed by atoms with E-state index < -0.39 is 10.0 Å². The van der Waals surface area contributed by atoms with Gasteiger partial charge in [0.1, 0.15) is 5.82 Å². The normalized spacial score (nSPS) is 17.5. The van der Waals surface area contributed by atoms with Crippen LogP contribution in [-0.4, -0.2) is 46.5 Å². The molecule has 1 amide bonds. The zero-order valence-electron chi connectivity index (χ0n) is 20.0. The summed E-state index contributed by atoms with van der Waals surface area (Å²) in [4.78, 5) is 13.2. The number of rotatable bonds is 5. The first kappa shape index (κ1) is 23.7. The van der Waals surface area contributed by atoms with Gasteiger partial charge in [0.25, 0.3) is 0 Å². The monoisotopic (exact) mass is 493 g/mol. The van der Waals surface area contributed by atoms with Gasteiger partial charge in [0.15, 0.2) is 5.82 Å². The van der Waals surface area contributed by atoms with Crippen LogP contribution in [0.25, 0.3) is 11.4 Å². The molecular weight excluding hydrogens is 462 g/mol. The number of aromatic nitrogens is 3. The number of nitrogens with one attached hydrogen (secondary N) is 1. The molecule has 1 fully saturated rings. The number of hydrogen-bond donors (Lipinski definition) is 1. The SMILES string of the molecule is Cc1ccc(S(=O)(=O)N2CCC(C(=O)Nc3ccc(-c4nnc5n4CCCCC5)cc3)CC2)cc1. The largest absolute Gasteiger partial charge is 0.326 e. The van der Waals surface area contributed by atoms with E-state index in [1.807, 2.05) is 31.2 Å². The fourth-order valence-electron chi connectivity index (χ4n) is 4.86. The van der Waals surface area contributed by atoms with Gasteiger partial charge in [-0.15, -0.1) is 10.2 Å². The van der Waals surface area contributed by atoms with Gasteiger partial charge < -0.3 is 9.88 Å². The van der Waals surface area contributed by atoms with Gasteiger partial charge in [-0.3, -0.25) is 4.79 Å². The van der Waals surface area contributed by atoms with Gasteiger partial charge in [-0.05, 0) is 69.0 Å². The average molecular weight is 494 g/mol. The number of hydrogen-bond acceptors (Lipinski definition) is 5. The predicted octanol–water partition coefficient (Wildman–Crippen LogP) is 4.02. The Hall–Kier alpha value is -3.04. The first-order valence-electron chi connectivity index (χ1n) is 12.3. The molecule has 1 aromatic heterocycles. The maximum absolute atomic E-state index is 12.9. The second-order valence-electron chi connectivity index (χ2n) is 9.46. The number of piperidine rings is 1. The summed E-state index contributed by atoms with van der Waals surface area (Å²) in [6, 6.07) is 14.6. The third kappa shape index (κ3) is 5.01. The number of sulfonamides is 1. The number of nitrogens with zero attached hydrogens (tertiary/aromatic N) is 4. The first-order valence-corrected chi connectivity index (χ1v) is 13.8. The lowest BCUT2D eigenvalue weighted by Crippen LogP contribution is -2.41. The summed E-state index contributed by atoms with van der Waals surface area (Å²) < 4.78 is 29.5. The Labute approximate surface area is 206 Å². The molecule has 0 atom stereocenters. The molecule has 1 saturated heterocycles. The minimum absolute atomic E-state index is 0.0681. The number of aryl methyl sites for hydroxylation is 2. The summed E-state index contributed by atoms with van der Waals surface area (Å²) in [6.45, 7) is 3.54. The van der Waals surface area contributed by atoms with E-state index in [9.17, 15) is 13.2 Å². The Balaban J connectivity index is 1.19. The van der Waals surface area contributed by atoms with E-state index in [4.69, 9.17) is 0 Å². The molecule has 0 radical (unpaired) electrons. The third-order valence-electron chi connectivity index (χ3n) is 7.00. The number of amides is 1. The first-order chi connectivity index (χ1) is 16.9. The van der Waals surface area contributed by atoms with Crippen LogP contribution in [0.3, 0.4) is 0 Å². The molecule has 1 N–H and O–H groups in total. The van der Waals surface area contributed by atoms with Crippen LogP contribution in [0.2, 0.25) is 0 Å². The predicted molar refractivity (Wildman–Crippen MR) is 134 cm³/mol. The minimum Gasteiger partial charge on any atom is -0.326 e. The van der Waals surface area contributed by atoms with Crippen LogP contribution in [0.1, 0.15) is 43.5 Å². The van der Waals surface area contributed by atoms with Crippen molar-refractivity contribution in [1.82, 2.24) is 19.1 Å². The van der Waals surface area contributed by atoms with Gasteiger partial charge in [-0.2, -0.15) is 4.31 Å². The molecule has 3 heterocycles. The summed E-state index contributed by atoms with van der Waals surface area (Å²) in [5, 5.41) is 11.8. The Morgan fingerprint density at radius 3 is 2.34 bits per heavy atom. The van der Waals surface area contributed by atoms with E-state index >= 15 is 0 Å². The Morgan fingerprint density at radius 2 is 1.63 bits per heavy atom. The lowest BCUT2D eigenvalue weighted by molar-refractivity contribution is -0.120. The Kier molecular flexibility index (Phi) is 6.71. The highest BCUT2D eigenvalue weighted by atomic mass is 32.2. The van der Waals surface area contributed by atoms with Crippen LogP contribution < -0.4 is 5.32 Å². The van der Waals surface area contributed by atoms with Crippen molar-refractivity contribution in [3.8, 4) is 11.4 Å². The molecule has 0 spiro atoms. The van der Waals surface area contributed by atoms with Crippen LogP contribution in [0.15, 0.2) is 53.4 Å². The van der Waals surface area contributed by atoms with Gasteiger partial charge in [0, 0.05) is 43.2 Å². The summed E-state index contributed by atoms with van der Waals surface area (Å²) in [5.74, 6) is 1.64. The van der Waals surface area contributed by atoms with Gasteiger partial charge in [0.05, 0.1) is 4.90 Å². The molecule has 0 bridgehead atoms. The highest BCUT2D eigenvalue weighted by Gasteiger charge is 2.32. The molecule has 2 aliphatic heterocycles. The molecule has 0 aliphatic carbocycles. The van der Waals surface area contributed by atoms with Crippen molar-refractivity contribution >= 4 is 21.6 Å². The van der Waals surface area contributed by atoms with Crippen molar-refractivity contribution in [2.75, 3.05) is 18.4 Å². The number of carbonyl (C=O) groups is 1. The number of anilines is 1. The number of carbonyl (C=O) groups excluding carboxylic acids is 1. The van der Waals surface area contributed by atoms with Crippen LogP contribution in [0, 0.1) is 12.8 Å². The van der Waals surface area contributed by atoms with E-state index in [-0.39, 0.29) is 11.8 Å². The van der Waals surface area contributed by atoms with Crippen molar-refractivity contribution in [2.45, 2.75) is 56.9 Å². The minimum atomic E-state index is -3.53. The number of benzene rings is 2. The fraction of sp³-hybridized carbons (Fsp3) is 0.423. The van der Waals surface area contributed by atoms with Gasteiger partial charge in [0.2, 0.25) is 15.9 Å². The quantitative estimate of drug-likeness (QED) is 0.579. The van der Waals surface area contributed by atoms with Gasteiger partial charge in [-0.1, -0.05) is 24.1 Å². The summed E-state index contributed by atoms with van der Waals surface area (Å²) in [6.07, 6.45) is 5.47. The van der Waals surface area contributed by atoms with Crippen LogP contribution in [0.5, 0.6) is 0 Å². The van der Waals surface area contributed by atoms with E-state index in [1.165, 1.54) is 10.7 Å². The Morgan fingerprint density at radius 1 is 0.914 bits per heavy atom. The molecular formula is C26H31N5O3S. The van der Waals surface area contributed by atoms with Crippen molar-refractivity contribution in [1.29, 1.82) is 0 Å². The molecule has 3 aromatic rings. The van der Waals surface area contributed by atoms with E-state index in [0.29, 0.717) is 30.8 Å². The lowest BCUT2D eigenvalue weighted by Gasteiger charge is -2.30. The molecule has 5 rings (SSSR count). The van der Waals surface area contributed by atoms with E-state index in [0.717, 1.165) is 54.3 Å². The third-order valence-corrected chi connectivity index (χ3v) is 8.92. The van der Waals surface area contributed by atoms with Crippen molar-refractivity contribution in [2.24, 2.45) is 5.92 Å². The summed E-state index contributed by atoms with van der Waals surface area (Å²) in [5.41, 5.74) is 2.73. The van der Waals surface area contributed by atoms with Crippen molar-refractivity contribution < 1.29 is 13.2 Å². The smallest absolute Gasteiger partial charge is 0.243 e. The standard InChI is InChI=1S/C26H31N5O3S/c1-19-6-12-23(13-7-19)35(33,34)30-17-14-21(15-18-30)26(32)27-22-10-8-20(9-11-22)25-29-28-24-5-3-2-4-16-31(24)25/h6-13,21H,2-5,14-18H2,1H3,(H,27,32). The summed E-state index contributed by atoms with van der Waals surface area (Å²) in [7, 11) is -3.53. The van der Waals surface area contributed by atoms with Crippen molar-refractivity contribution in [3.63, 3.8) is 0 Å². The van der Waals surface area contributed by atoms with Crippen molar-refractivity contribution in [3.05, 3.63) is 59.9 Å². The second kappa shape index (κ2) is 9.91. The van der Waals surface area contributed by atoms with E-state index in [1.54, 1.807) is 24.3 Å².